The minimum Gasteiger partial charge on any atom is -0.367 e. The van der Waals surface area contributed by atoms with E-state index in [-0.39, 0.29) is 5.41 Å². The molecule has 1 atom stereocenters. The summed E-state index contributed by atoms with van der Waals surface area (Å²) in [6, 6.07) is 9.73. The van der Waals surface area contributed by atoms with Gasteiger partial charge in [0.05, 0.1) is 0 Å². The molecular formula is C22H29N3. The van der Waals surface area contributed by atoms with E-state index >= 15 is 0 Å². The van der Waals surface area contributed by atoms with Crippen molar-refractivity contribution in [2.24, 2.45) is 0 Å². The second-order valence-electron chi connectivity index (χ2n) is 8.48. The van der Waals surface area contributed by atoms with Crippen molar-refractivity contribution in [1.29, 1.82) is 0 Å². The fourth-order valence-electron chi connectivity index (χ4n) is 4.17. The average molecular weight is 335 g/mol. The average Bonchev–Trinajstić information content (AvgIpc) is 3.15. The first-order chi connectivity index (χ1) is 12.0. The maximum Gasteiger partial charge on any atom is 0.0435 e. The van der Waals surface area contributed by atoms with Gasteiger partial charge in [0, 0.05) is 37.2 Å². The molecule has 3 heterocycles. The van der Waals surface area contributed by atoms with Crippen molar-refractivity contribution in [2.75, 3.05) is 18.0 Å². The standard InChI is InChI=1S/C22H29N3/c1-22(2,3)17-13-16-8-12-25(18-6-10-23-11-7-18)15-20(16)19(14-17)21-5-4-9-24-21/h6-7,10-11,13-14,21,24H,4-5,8-9,12,15H2,1-3H3/t21-/m0/s1. The van der Waals surface area contributed by atoms with Gasteiger partial charge in [-0.15, -0.1) is 0 Å². The summed E-state index contributed by atoms with van der Waals surface area (Å²) in [6.45, 7) is 10.2. The highest BCUT2D eigenvalue weighted by Crippen LogP contribution is 2.36. The summed E-state index contributed by atoms with van der Waals surface area (Å²) in [7, 11) is 0. The normalized spacial score (nSPS) is 20.6. The van der Waals surface area contributed by atoms with E-state index in [1.54, 1.807) is 16.7 Å². The van der Waals surface area contributed by atoms with Gasteiger partial charge >= 0.3 is 0 Å². The van der Waals surface area contributed by atoms with Gasteiger partial charge in [-0.1, -0.05) is 32.9 Å². The summed E-state index contributed by atoms with van der Waals surface area (Å²) in [4.78, 5) is 6.67. The Morgan fingerprint density at radius 3 is 2.64 bits per heavy atom. The summed E-state index contributed by atoms with van der Waals surface area (Å²) in [5.41, 5.74) is 7.61. The predicted octanol–water partition coefficient (Wildman–Crippen LogP) is 4.37. The number of pyridine rings is 1. The van der Waals surface area contributed by atoms with Crippen LogP contribution in [0.1, 0.15) is 61.9 Å². The number of anilines is 1. The lowest BCUT2D eigenvalue weighted by Crippen LogP contribution is -2.32. The Labute approximate surface area is 151 Å². The SMILES string of the molecule is CC(C)(C)c1cc2c(c([C@@H]3CCCN3)c1)CN(c1ccncc1)CC2. The fourth-order valence-corrected chi connectivity index (χ4v) is 4.17. The molecule has 3 heteroatoms. The third-order valence-corrected chi connectivity index (χ3v) is 5.71. The van der Waals surface area contributed by atoms with E-state index < -0.39 is 0 Å². The summed E-state index contributed by atoms with van der Waals surface area (Å²) >= 11 is 0. The summed E-state index contributed by atoms with van der Waals surface area (Å²) in [6.07, 6.45) is 7.46. The van der Waals surface area contributed by atoms with Crippen LogP contribution in [0.25, 0.3) is 0 Å². The van der Waals surface area contributed by atoms with Crippen LogP contribution in [0.5, 0.6) is 0 Å². The van der Waals surface area contributed by atoms with Gasteiger partial charge in [-0.3, -0.25) is 4.98 Å². The zero-order valence-corrected chi connectivity index (χ0v) is 15.7. The number of nitrogens with one attached hydrogen (secondary N) is 1. The number of aromatic nitrogens is 1. The van der Waals surface area contributed by atoms with Gasteiger partial charge in [-0.05, 0) is 65.6 Å². The summed E-state index contributed by atoms with van der Waals surface area (Å²) in [5, 5.41) is 3.73. The highest BCUT2D eigenvalue weighted by atomic mass is 15.1. The van der Waals surface area contributed by atoms with Crippen molar-refractivity contribution in [3.63, 3.8) is 0 Å². The van der Waals surface area contributed by atoms with Crippen LogP contribution in [0.3, 0.4) is 0 Å². The molecule has 1 N–H and O–H groups in total. The van der Waals surface area contributed by atoms with Crippen molar-refractivity contribution in [1.82, 2.24) is 10.3 Å². The van der Waals surface area contributed by atoms with Gasteiger partial charge < -0.3 is 10.2 Å². The Hall–Kier alpha value is -1.87. The fraction of sp³-hybridized carbons (Fsp3) is 0.500. The van der Waals surface area contributed by atoms with Crippen LogP contribution in [-0.2, 0) is 18.4 Å². The van der Waals surface area contributed by atoms with Gasteiger partial charge in [-0.2, -0.15) is 0 Å². The number of rotatable bonds is 2. The first-order valence-corrected chi connectivity index (χ1v) is 9.57. The Balaban J connectivity index is 1.75. The molecule has 1 aromatic heterocycles. The Bertz CT molecular complexity index is 740. The lowest BCUT2D eigenvalue weighted by Gasteiger charge is -2.35. The third-order valence-electron chi connectivity index (χ3n) is 5.71. The van der Waals surface area contributed by atoms with Crippen molar-refractivity contribution in [3.05, 3.63) is 58.9 Å². The molecule has 0 saturated carbocycles. The van der Waals surface area contributed by atoms with Crippen LogP contribution in [0, 0.1) is 0 Å². The van der Waals surface area contributed by atoms with E-state index in [4.69, 9.17) is 0 Å². The molecule has 2 aliphatic rings. The number of hydrogen-bond donors (Lipinski definition) is 1. The van der Waals surface area contributed by atoms with Crippen LogP contribution in [0.4, 0.5) is 5.69 Å². The van der Waals surface area contributed by atoms with Gasteiger partial charge in [0.25, 0.3) is 0 Å². The molecule has 25 heavy (non-hydrogen) atoms. The quantitative estimate of drug-likeness (QED) is 0.883. The lowest BCUT2D eigenvalue weighted by molar-refractivity contribution is 0.576. The Kier molecular flexibility index (Phi) is 4.28. The van der Waals surface area contributed by atoms with Crippen LogP contribution in [0.15, 0.2) is 36.7 Å². The maximum atomic E-state index is 4.17. The number of hydrogen-bond acceptors (Lipinski definition) is 3. The molecule has 0 radical (unpaired) electrons. The lowest BCUT2D eigenvalue weighted by atomic mass is 9.80. The topological polar surface area (TPSA) is 28.2 Å². The van der Waals surface area contributed by atoms with E-state index in [1.807, 2.05) is 12.4 Å². The van der Waals surface area contributed by atoms with Gasteiger partial charge in [-0.25, -0.2) is 0 Å². The minimum atomic E-state index is 0.199. The molecule has 0 unspecified atom stereocenters. The molecular weight excluding hydrogens is 306 g/mol. The molecule has 1 aromatic carbocycles. The van der Waals surface area contributed by atoms with Crippen LogP contribution >= 0.6 is 0 Å². The van der Waals surface area contributed by atoms with E-state index in [2.05, 4.69) is 60.2 Å². The molecule has 1 fully saturated rings. The predicted molar refractivity (Wildman–Crippen MR) is 104 cm³/mol. The molecule has 132 valence electrons. The van der Waals surface area contributed by atoms with Crippen molar-refractivity contribution in [2.45, 2.75) is 58.0 Å². The van der Waals surface area contributed by atoms with Gasteiger partial charge in [0.15, 0.2) is 0 Å². The van der Waals surface area contributed by atoms with Crippen LogP contribution in [-0.4, -0.2) is 18.1 Å². The van der Waals surface area contributed by atoms with E-state index in [0.717, 1.165) is 26.1 Å². The molecule has 2 aromatic rings. The van der Waals surface area contributed by atoms with Crippen molar-refractivity contribution in [3.8, 4) is 0 Å². The number of benzene rings is 1. The summed E-state index contributed by atoms with van der Waals surface area (Å²) in [5.74, 6) is 0. The first-order valence-electron chi connectivity index (χ1n) is 9.57. The van der Waals surface area contributed by atoms with Gasteiger partial charge in [0.1, 0.15) is 0 Å². The molecule has 2 aliphatic heterocycles. The molecule has 1 saturated heterocycles. The Morgan fingerprint density at radius 2 is 1.96 bits per heavy atom. The zero-order chi connectivity index (χ0) is 17.4. The van der Waals surface area contributed by atoms with Crippen LogP contribution in [0.2, 0.25) is 0 Å². The molecule has 4 rings (SSSR count). The zero-order valence-electron chi connectivity index (χ0n) is 15.7. The second kappa shape index (κ2) is 6.45. The molecule has 3 nitrogen and oxygen atoms in total. The van der Waals surface area contributed by atoms with Crippen molar-refractivity contribution >= 4 is 5.69 Å². The minimum absolute atomic E-state index is 0.199. The third kappa shape index (κ3) is 3.30. The summed E-state index contributed by atoms with van der Waals surface area (Å²) < 4.78 is 0. The highest BCUT2D eigenvalue weighted by Gasteiger charge is 2.27. The first kappa shape index (κ1) is 16.6. The smallest absolute Gasteiger partial charge is 0.0435 e. The second-order valence-corrected chi connectivity index (χ2v) is 8.48. The van der Waals surface area contributed by atoms with E-state index in [1.165, 1.54) is 24.1 Å². The number of nitrogens with zero attached hydrogens (tertiary/aromatic N) is 2. The maximum absolute atomic E-state index is 4.17. The highest BCUT2D eigenvalue weighted by molar-refractivity contribution is 5.52. The molecule has 0 amide bonds. The molecule has 0 bridgehead atoms. The monoisotopic (exact) mass is 335 g/mol. The molecule has 0 spiro atoms. The number of fused-ring (bicyclic) bond motifs is 1. The van der Waals surface area contributed by atoms with E-state index in [9.17, 15) is 0 Å². The largest absolute Gasteiger partial charge is 0.367 e. The van der Waals surface area contributed by atoms with Gasteiger partial charge in [0.2, 0.25) is 0 Å². The van der Waals surface area contributed by atoms with E-state index in [0.29, 0.717) is 6.04 Å². The van der Waals surface area contributed by atoms with Crippen LogP contribution < -0.4 is 10.2 Å². The molecule has 0 aliphatic carbocycles. The van der Waals surface area contributed by atoms with Crippen molar-refractivity contribution < 1.29 is 0 Å². The Morgan fingerprint density at radius 1 is 1.16 bits per heavy atom.